The van der Waals surface area contributed by atoms with E-state index in [1.54, 1.807) is 0 Å². The zero-order chi connectivity index (χ0) is 18.4. The highest BCUT2D eigenvalue weighted by Crippen LogP contribution is 2.23. The second-order valence-corrected chi connectivity index (χ2v) is 6.47. The van der Waals surface area contributed by atoms with Gasteiger partial charge in [0.15, 0.2) is 0 Å². The van der Waals surface area contributed by atoms with Gasteiger partial charge in [0.2, 0.25) is 5.91 Å². The van der Waals surface area contributed by atoms with Crippen LogP contribution in [-0.2, 0) is 17.9 Å². The van der Waals surface area contributed by atoms with Crippen LogP contribution < -0.4 is 10.1 Å². The van der Waals surface area contributed by atoms with Crippen LogP contribution in [0.25, 0.3) is 11.0 Å². The van der Waals surface area contributed by atoms with E-state index in [9.17, 15) is 4.79 Å². The lowest BCUT2D eigenvalue weighted by atomic mass is 10.3. The summed E-state index contributed by atoms with van der Waals surface area (Å²) in [4.78, 5) is 15.9. The molecular formula is C20H22ClN3O2. The topological polar surface area (TPSA) is 56.2 Å². The SMILES string of the molecule is CC(=O)NCc1nc2ccccc2n1CCCCOc1ccccc1Cl. The van der Waals surface area contributed by atoms with Gasteiger partial charge in [-0.2, -0.15) is 0 Å². The second-order valence-electron chi connectivity index (χ2n) is 6.06. The van der Waals surface area contributed by atoms with E-state index in [-0.39, 0.29) is 5.91 Å². The lowest BCUT2D eigenvalue weighted by Crippen LogP contribution is -2.21. The zero-order valence-electron chi connectivity index (χ0n) is 14.7. The molecule has 0 unspecified atom stereocenters. The van der Waals surface area contributed by atoms with Gasteiger partial charge in [0.1, 0.15) is 11.6 Å². The lowest BCUT2D eigenvalue weighted by Gasteiger charge is -2.11. The molecule has 1 amide bonds. The van der Waals surface area contributed by atoms with E-state index in [1.165, 1.54) is 6.92 Å². The standard InChI is InChI=1S/C20H22ClN3O2/c1-15(25)22-14-20-23-17-9-3-4-10-18(17)24(20)12-6-7-13-26-19-11-5-2-8-16(19)21/h2-5,8-11H,6-7,12-14H2,1H3,(H,22,25). The number of hydrogen-bond donors (Lipinski definition) is 1. The molecule has 3 rings (SSSR count). The Bertz CT molecular complexity index is 892. The maximum Gasteiger partial charge on any atom is 0.217 e. The molecule has 0 spiro atoms. The predicted octanol–water partition coefficient (Wildman–Crippen LogP) is 4.19. The molecule has 1 aromatic heterocycles. The highest BCUT2D eigenvalue weighted by molar-refractivity contribution is 6.32. The maximum absolute atomic E-state index is 11.2. The molecule has 136 valence electrons. The third-order valence-corrected chi connectivity index (χ3v) is 4.41. The largest absolute Gasteiger partial charge is 0.492 e. The Morgan fingerprint density at radius 1 is 1.15 bits per heavy atom. The van der Waals surface area contributed by atoms with Gasteiger partial charge in [-0.05, 0) is 37.1 Å². The Balaban J connectivity index is 1.59. The normalized spacial score (nSPS) is 10.8. The van der Waals surface area contributed by atoms with Crippen LogP contribution in [0.4, 0.5) is 0 Å². The van der Waals surface area contributed by atoms with Crippen molar-refractivity contribution in [1.82, 2.24) is 14.9 Å². The molecule has 0 saturated heterocycles. The first-order valence-corrected chi connectivity index (χ1v) is 9.09. The molecule has 0 atom stereocenters. The number of benzene rings is 2. The number of rotatable bonds is 8. The summed E-state index contributed by atoms with van der Waals surface area (Å²) in [5.74, 6) is 1.53. The number of para-hydroxylation sites is 3. The van der Waals surface area contributed by atoms with Crippen molar-refractivity contribution in [2.45, 2.75) is 32.9 Å². The van der Waals surface area contributed by atoms with Crippen LogP contribution >= 0.6 is 11.6 Å². The van der Waals surface area contributed by atoms with Crippen LogP contribution in [0.3, 0.4) is 0 Å². The van der Waals surface area contributed by atoms with Gasteiger partial charge >= 0.3 is 0 Å². The molecule has 1 heterocycles. The molecule has 5 nitrogen and oxygen atoms in total. The van der Waals surface area contributed by atoms with E-state index in [4.69, 9.17) is 16.3 Å². The van der Waals surface area contributed by atoms with Gasteiger partial charge in [0.05, 0.1) is 29.2 Å². The van der Waals surface area contributed by atoms with E-state index in [0.717, 1.165) is 36.2 Å². The summed E-state index contributed by atoms with van der Waals surface area (Å²) < 4.78 is 7.91. The van der Waals surface area contributed by atoms with Gasteiger partial charge in [-0.25, -0.2) is 4.98 Å². The van der Waals surface area contributed by atoms with E-state index < -0.39 is 0 Å². The van der Waals surface area contributed by atoms with Crippen LogP contribution in [0, 0.1) is 0 Å². The summed E-state index contributed by atoms with van der Waals surface area (Å²) in [6.07, 6.45) is 1.84. The molecule has 6 heteroatoms. The molecule has 3 aromatic rings. The van der Waals surface area contributed by atoms with Crippen LogP contribution in [0.5, 0.6) is 5.75 Å². The minimum Gasteiger partial charge on any atom is -0.492 e. The predicted molar refractivity (Wildman–Crippen MR) is 103 cm³/mol. The van der Waals surface area contributed by atoms with Crippen LogP contribution in [0.2, 0.25) is 5.02 Å². The third-order valence-electron chi connectivity index (χ3n) is 4.10. The number of unbranched alkanes of at least 4 members (excludes halogenated alkanes) is 1. The smallest absolute Gasteiger partial charge is 0.217 e. The van der Waals surface area contributed by atoms with Crippen molar-refractivity contribution in [3.63, 3.8) is 0 Å². The Morgan fingerprint density at radius 2 is 1.92 bits per heavy atom. The van der Waals surface area contributed by atoms with E-state index in [2.05, 4.69) is 20.9 Å². The number of amides is 1. The number of carbonyl (C=O) groups is 1. The van der Waals surface area contributed by atoms with Gasteiger partial charge in [0.25, 0.3) is 0 Å². The van der Waals surface area contributed by atoms with Crippen molar-refractivity contribution in [2.75, 3.05) is 6.61 Å². The van der Waals surface area contributed by atoms with E-state index >= 15 is 0 Å². The fraction of sp³-hybridized carbons (Fsp3) is 0.300. The Morgan fingerprint density at radius 3 is 2.73 bits per heavy atom. The molecule has 0 radical (unpaired) electrons. The van der Waals surface area contributed by atoms with Crippen LogP contribution in [0.15, 0.2) is 48.5 Å². The van der Waals surface area contributed by atoms with Crippen molar-refractivity contribution in [2.24, 2.45) is 0 Å². The number of nitrogens with one attached hydrogen (secondary N) is 1. The molecule has 1 N–H and O–H groups in total. The summed E-state index contributed by atoms with van der Waals surface area (Å²) in [6, 6.07) is 15.5. The minimum atomic E-state index is -0.0586. The fourth-order valence-corrected chi connectivity index (χ4v) is 3.02. The summed E-state index contributed by atoms with van der Waals surface area (Å²) in [6.45, 7) is 3.37. The van der Waals surface area contributed by atoms with Gasteiger partial charge in [-0.1, -0.05) is 35.9 Å². The molecule has 26 heavy (non-hydrogen) atoms. The quantitative estimate of drug-likeness (QED) is 0.604. The van der Waals surface area contributed by atoms with Crippen molar-refractivity contribution in [3.05, 3.63) is 59.4 Å². The number of fused-ring (bicyclic) bond motifs is 1. The highest BCUT2D eigenvalue weighted by Gasteiger charge is 2.10. The van der Waals surface area contributed by atoms with Gasteiger partial charge < -0.3 is 14.6 Å². The molecule has 0 saturated carbocycles. The second kappa shape index (κ2) is 8.72. The van der Waals surface area contributed by atoms with E-state index in [1.807, 2.05) is 42.5 Å². The molecule has 2 aromatic carbocycles. The molecule has 0 fully saturated rings. The Hall–Kier alpha value is -2.53. The average molecular weight is 372 g/mol. The third kappa shape index (κ3) is 4.55. The van der Waals surface area contributed by atoms with Crippen molar-refractivity contribution in [1.29, 1.82) is 0 Å². The number of ether oxygens (including phenoxy) is 1. The summed E-state index contributed by atoms with van der Waals surface area (Å²) >= 11 is 6.09. The highest BCUT2D eigenvalue weighted by atomic mass is 35.5. The molecule has 0 aliphatic rings. The van der Waals surface area contributed by atoms with Crippen molar-refractivity contribution < 1.29 is 9.53 Å². The van der Waals surface area contributed by atoms with Gasteiger partial charge in [-0.3, -0.25) is 4.79 Å². The van der Waals surface area contributed by atoms with Crippen LogP contribution in [-0.4, -0.2) is 22.1 Å². The first kappa shape index (κ1) is 18.3. The van der Waals surface area contributed by atoms with Crippen molar-refractivity contribution in [3.8, 4) is 5.75 Å². The summed E-state index contributed by atoms with van der Waals surface area (Å²) in [7, 11) is 0. The van der Waals surface area contributed by atoms with Gasteiger partial charge in [0, 0.05) is 13.5 Å². The molecule has 0 bridgehead atoms. The number of imidazole rings is 1. The number of halogens is 1. The van der Waals surface area contributed by atoms with Gasteiger partial charge in [-0.15, -0.1) is 0 Å². The zero-order valence-corrected chi connectivity index (χ0v) is 15.5. The number of nitrogens with zero attached hydrogens (tertiary/aromatic N) is 2. The first-order valence-electron chi connectivity index (χ1n) is 8.71. The summed E-state index contributed by atoms with van der Waals surface area (Å²) in [5, 5.41) is 3.46. The van der Waals surface area contributed by atoms with Crippen molar-refractivity contribution >= 4 is 28.5 Å². The molecule has 0 aliphatic carbocycles. The Kier molecular flexibility index (Phi) is 6.12. The first-order chi connectivity index (χ1) is 12.6. The monoisotopic (exact) mass is 371 g/mol. The van der Waals surface area contributed by atoms with Crippen LogP contribution in [0.1, 0.15) is 25.6 Å². The Labute approximate surface area is 157 Å². The average Bonchev–Trinajstić information content (AvgIpc) is 2.99. The number of aryl methyl sites for hydroxylation is 1. The minimum absolute atomic E-state index is 0.0586. The lowest BCUT2D eigenvalue weighted by molar-refractivity contribution is -0.119. The number of carbonyl (C=O) groups excluding carboxylic acids is 1. The molecular weight excluding hydrogens is 350 g/mol. The fourth-order valence-electron chi connectivity index (χ4n) is 2.83. The van der Waals surface area contributed by atoms with E-state index in [0.29, 0.717) is 23.9 Å². The molecule has 0 aliphatic heterocycles. The maximum atomic E-state index is 11.2. The number of hydrogen-bond acceptors (Lipinski definition) is 3. The number of aromatic nitrogens is 2. The summed E-state index contributed by atoms with van der Waals surface area (Å²) in [5.41, 5.74) is 2.03.